The molecule has 0 radical (unpaired) electrons. The van der Waals surface area contributed by atoms with Gasteiger partial charge in [0, 0.05) is 25.6 Å². The van der Waals surface area contributed by atoms with Crippen LogP contribution in [-0.4, -0.2) is 24.8 Å². The maximum atomic E-state index is 5.76. The predicted octanol–water partition coefficient (Wildman–Crippen LogP) is 2.76. The van der Waals surface area contributed by atoms with Crippen LogP contribution in [0.15, 0.2) is 22.8 Å². The second kappa shape index (κ2) is 5.69. The summed E-state index contributed by atoms with van der Waals surface area (Å²) in [6.45, 7) is 6.29. The van der Waals surface area contributed by atoms with Crippen LogP contribution < -0.4 is 5.32 Å². The van der Waals surface area contributed by atoms with Crippen LogP contribution in [0, 0.1) is 0 Å². The number of nitrogens with one attached hydrogen (secondary N) is 1. The SMILES string of the molecule is CC(CCc1ccco1)NCC1(C)CCCO1. The molecule has 0 aliphatic carbocycles. The van der Waals surface area contributed by atoms with Gasteiger partial charge in [-0.1, -0.05) is 0 Å². The van der Waals surface area contributed by atoms with Gasteiger partial charge in [0.1, 0.15) is 5.76 Å². The van der Waals surface area contributed by atoms with Crippen molar-refractivity contribution in [1.29, 1.82) is 0 Å². The Morgan fingerprint density at radius 2 is 2.41 bits per heavy atom. The van der Waals surface area contributed by atoms with Crippen molar-refractivity contribution in [3.8, 4) is 0 Å². The summed E-state index contributed by atoms with van der Waals surface area (Å²) in [5, 5.41) is 3.56. The van der Waals surface area contributed by atoms with Gasteiger partial charge in [0.15, 0.2) is 0 Å². The number of furan rings is 1. The molecule has 3 heteroatoms. The zero-order chi connectivity index (χ0) is 12.1. The first kappa shape index (κ1) is 12.7. The van der Waals surface area contributed by atoms with Gasteiger partial charge < -0.3 is 14.5 Å². The van der Waals surface area contributed by atoms with Crippen molar-refractivity contribution in [2.24, 2.45) is 0 Å². The van der Waals surface area contributed by atoms with Crippen molar-refractivity contribution in [3.05, 3.63) is 24.2 Å². The number of hydrogen-bond acceptors (Lipinski definition) is 3. The zero-order valence-electron chi connectivity index (χ0n) is 10.9. The molecule has 0 amide bonds. The van der Waals surface area contributed by atoms with Crippen LogP contribution in [0.2, 0.25) is 0 Å². The van der Waals surface area contributed by atoms with Crippen molar-refractivity contribution in [2.75, 3.05) is 13.2 Å². The maximum Gasteiger partial charge on any atom is 0.103 e. The molecule has 1 fully saturated rings. The van der Waals surface area contributed by atoms with Crippen molar-refractivity contribution >= 4 is 0 Å². The molecule has 0 spiro atoms. The van der Waals surface area contributed by atoms with E-state index in [1.165, 1.54) is 12.8 Å². The average molecular weight is 237 g/mol. The van der Waals surface area contributed by atoms with E-state index in [1.54, 1.807) is 6.26 Å². The highest BCUT2D eigenvalue weighted by molar-refractivity contribution is 4.98. The molecule has 1 aromatic heterocycles. The Morgan fingerprint density at radius 1 is 1.53 bits per heavy atom. The zero-order valence-corrected chi connectivity index (χ0v) is 10.9. The van der Waals surface area contributed by atoms with Gasteiger partial charge in [0.2, 0.25) is 0 Å². The molecule has 2 rings (SSSR count). The Hall–Kier alpha value is -0.800. The van der Waals surface area contributed by atoms with E-state index in [0.29, 0.717) is 6.04 Å². The Balaban J connectivity index is 1.65. The Bertz CT molecular complexity index is 315. The highest BCUT2D eigenvalue weighted by Gasteiger charge is 2.29. The normalized spacial score (nSPS) is 26.2. The van der Waals surface area contributed by atoms with E-state index in [0.717, 1.165) is 31.8 Å². The molecule has 2 heterocycles. The molecule has 0 aromatic carbocycles. The fraction of sp³-hybridized carbons (Fsp3) is 0.714. The van der Waals surface area contributed by atoms with E-state index in [1.807, 2.05) is 12.1 Å². The fourth-order valence-corrected chi connectivity index (χ4v) is 2.28. The molecule has 3 nitrogen and oxygen atoms in total. The van der Waals surface area contributed by atoms with Crippen LogP contribution >= 0.6 is 0 Å². The lowest BCUT2D eigenvalue weighted by atomic mass is 10.0. The molecule has 1 aromatic rings. The van der Waals surface area contributed by atoms with Gasteiger partial charge in [0.25, 0.3) is 0 Å². The third-order valence-electron chi connectivity index (χ3n) is 3.53. The summed E-state index contributed by atoms with van der Waals surface area (Å²) >= 11 is 0. The topological polar surface area (TPSA) is 34.4 Å². The van der Waals surface area contributed by atoms with Gasteiger partial charge in [-0.25, -0.2) is 0 Å². The number of hydrogen-bond donors (Lipinski definition) is 1. The monoisotopic (exact) mass is 237 g/mol. The number of rotatable bonds is 6. The largest absolute Gasteiger partial charge is 0.469 e. The van der Waals surface area contributed by atoms with E-state index in [-0.39, 0.29) is 5.60 Å². The molecule has 0 bridgehead atoms. The highest BCUT2D eigenvalue weighted by Crippen LogP contribution is 2.24. The summed E-state index contributed by atoms with van der Waals surface area (Å²) in [5.74, 6) is 1.07. The first-order valence-electron chi connectivity index (χ1n) is 6.58. The van der Waals surface area contributed by atoms with Crippen molar-refractivity contribution in [1.82, 2.24) is 5.32 Å². The Kier molecular flexibility index (Phi) is 4.24. The molecular weight excluding hydrogens is 214 g/mol. The first-order chi connectivity index (χ1) is 8.18. The third-order valence-corrected chi connectivity index (χ3v) is 3.53. The molecule has 1 aliphatic heterocycles. The molecule has 1 aliphatic rings. The molecule has 17 heavy (non-hydrogen) atoms. The van der Waals surface area contributed by atoms with Crippen LogP contribution in [-0.2, 0) is 11.2 Å². The van der Waals surface area contributed by atoms with Gasteiger partial charge in [-0.3, -0.25) is 0 Å². The Morgan fingerprint density at radius 3 is 3.06 bits per heavy atom. The van der Waals surface area contributed by atoms with Crippen LogP contribution in [0.3, 0.4) is 0 Å². The van der Waals surface area contributed by atoms with Gasteiger partial charge in [-0.05, 0) is 45.2 Å². The first-order valence-corrected chi connectivity index (χ1v) is 6.58. The van der Waals surface area contributed by atoms with Gasteiger partial charge in [-0.2, -0.15) is 0 Å². The lowest BCUT2D eigenvalue weighted by Crippen LogP contribution is -2.41. The van der Waals surface area contributed by atoms with E-state index < -0.39 is 0 Å². The van der Waals surface area contributed by atoms with Crippen LogP contribution in [0.1, 0.15) is 38.9 Å². The average Bonchev–Trinajstić information content (AvgIpc) is 2.95. The quantitative estimate of drug-likeness (QED) is 0.826. The van der Waals surface area contributed by atoms with E-state index >= 15 is 0 Å². The summed E-state index contributed by atoms with van der Waals surface area (Å²) < 4.78 is 11.1. The third kappa shape index (κ3) is 3.86. The Labute approximate surface area is 104 Å². The lowest BCUT2D eigenvalue weighted by Gasteiger charge is -2.25. The molecule has 0 saturated carbocycles. The van der Waals surface area contributed by atoms with Crippen molar-refractivity contribution in [3.63, 3.8) is 0 Å². The number of aryl methyl sites for hydroxylation is 1. The van der Waals surface area contributed by atoms with Gasteiger partial charge in [0.05, 0.1) is 11.9 Å². The summed E-state index contributed by atoms with van der Waals surface area (Å²) in [5.41, 5.74) is 0.0545. The molecule has 2 unspecified atom stereocenters. The summed E-state index contributed by atoms with van der Waals surface area (Å²) in [7, 11) is 0. The minimum absolute atomic E-state index is 0.0545. The summed E-state index contributed by atoms with van der Waals surface area (Å²) in [6, 6.07) is 4.48. The fourth-order valence-electron chi connectivity index (χ4n) is 2.28. The second-order valence-electron chi connectivity index (χ2n) is 5.30. The molecule has 1 saturated heterocycles. The van der Waals surface area contributed by atoms with Crippen molar-refractivity contribution < 1.29 is 9.15 Å². The number of ether oxygens (including phenoxy) is 1. The highest BCUT2D eigenvalue weighted by atomic mass is 16.5. The lowest BCUT2D eigenvalue weighted by molar-refractivity contribution is 0.0189. The molecular formula is C14H23NO2. The van der Waals surface area contributed by atoms with Crippen LogP contribution in [0.4, 0.5) is 0 Å². The smallest absolute Gasteiger partial charge is 0.103 e. The minimum atomic E-state index is 0.0545. The molecule has 2 atom stereocenters. The van der Waals surface area contributed by atoms with Gasteiger partial charge >= 0.3 is 0 Å². The molecule has 1 N–H and O–H groups in total. The van der Waals surface area contributed by atoms with Gasteiger partial charge in [-0.15, -0.1) is 0 Å². The van der Waals surface area contributed by atoms with Crippen molar-refractivity contribution in [2.45, 2.75) is 51.2 Å². The standard InChI is InChI=1S/C14H23NO2/c1-12(6-7-13-5-3-9-16-13)15-11-14(2)8-4-10-17-14/h3,5,9,12,15H,4,6-8,10-11H2,1-2H3. The van der Waals surface area contributed by atoms with E-state index in [2.05, 4.69) is 19.2 Å². The van der Waals surface area contributed by atoms with Crippen LogP contribution in [0.25, 0.3) is 0 Å². The second-order valence-corrected chi connectivity index (χ2v) is 5.30. The summed E-state index contributed by atoms with van der Waals surface area (Å²) in [6.07, 6.45) is 6.20. The van der Waals surface area contributed by atoms with E-state index in [9.17, 15) is 0 Å². The molecule has 96 valence electrons. The minimum Gasteiger partial charge on any atom is -0.469 e. The summed E-state index contributed by atoms with van der Waals surface area (Å²) in [4.78, 5) is 0. The maximum absolute atomic E-state index is 5.76. The predicted molar refractivity (Wildman–Crippen MR) is 68.1 cm³/mol. The van der Waals surface area contributed by atoms with Crippen LogP contribution in [0.5, 0.6) is 0 Å². The van der Waals surface area contributed by atoms with E-state index in [4.69, 9.17) is 9.15 Å².